The fourth-order valence-corrected chi connectivity index (χ4v) is 2.60. The van der Waals surface area contributed by atoms with Crippen LogP contribution in [-0.4, -0.2) is 56.2 Å². The van der Waals surface area contributed by atoms with Crippen LogP contribution in [0.25, 0.3) is 0 Å². The molecule has 2 heterocycles. The van der Waals surface area contributed by atoms with E-state index in [-0.39, 0.29) is 5.69 Å². The molecule has 0 saturated carbocycles. The minimum Gasteiger partial charge on any atom is -0.464 e. The van der Waals surface area contributed by atoms with E-state index in [1.807, 2.05) is 11.9 Å². The van der Waals surface area contributed by atoms with Crippen LogP contribution in [0.4, 0.5) is 11.5 Å². The van der Waals surface area contributed by atoms with Gasteiger partial charge >= 0.3 is 5.97 Å². The van der Waals surface area contributed by atoms with Crippen LogP contribution in [0, 0.1) is 0 Å². The summed E-state index contributed by atoms with van der Waals surface area (Å²) in [6.07, 6.45) is 2.40. The van der Waals surface area contributed by atoms with E-state index in [1.54, 1.807) is 12.1 Å². The summed E-state index contributed by atoms with van der Waals surface area (Å²) in [6.45, 7) is 1.97. The largest absolute Gasteiger partial charge is 0.464 e. The third-order valence-electron chi connectivity index (χ3n) is 3.82. The second kappa shape index (κ2) is 6.09. The normalized spacial score (nSPS) is 19.1. The van der Waals surface area contributed by atoms with Crippen molar-refractivity contribution in [2.45, 2.75) is 18.9 Å². The first-order valence-corrected chi connectivity index (χ1v) is 6.79. The Labute approximate surface area is 119 Å². The number of pyridine rings is 1. The molecule has 110 valence electrons. The highest BCUT2D eigenvalue weighted by molar-refractivity contribution is 5.88. The van der Waals surface area contributed by atoms with Crippen LogP contribution in [0.15, 0.2) is 12.1 Å². The van der Waals surface area contributed by atoms with Crippen LogP contribution >= 0.6 is 0 Å². The monoisotopic (exact) mass is 278 g/mol. The number of hydrogen-bond acceptors (Lipinski definition) is 6. The molecular weight excluding hydrogens is 256 g/mol. The molecule has 1 aromatic heterocycles. The summed E-state index contributed by atoms with van der Waals surface area (Å²) in [4.78, 5) is 20.2. The zero-order valence-electron chi connectivity index (χ0n) is 12.3. The third-order valence-corrected chi connectivity index (χ3v) is 3.82. The molecule has 0 aromatic carbocycles. The van der Waals surface area contributed by atoms with Crippen LogP contribution in [0.3, 0.4) is 0 Å². The van der Waals surface area contributed by atoms with Crippen molar-refractivity contribution in [1.29, 1.82) is 0 Å². The molecule has 1 aliphatic heterocycles. The molecule has 0 aliphatic carbocycles. The summed E-state index contributed by atoms with van der Waals surface area (Å²) in [5.41, 5.74) is 6.82. The zero-order valence-corrected chi connectivity index (χ0v) is 12.3. The molecule has 0 bridgehead atoms. The van der Waals surface area contributed by atoms with Crippen LogP contribution < -0.4 is 10.6 Å². The summed E-state index contributed by atoms with van der Waals surface area (Å²) in [5.74, 6) is 0.186. The fraction of sp³-hybridized carbons (Fsp3) is 0.571. The van der Waals surface area contributed by atoms with E-state index in [2.05, 4.69) is 16.9 Å². The number of nitrogens with zero attached hydrogens (tertiary/aromatic N) is 3. The standard InChI is InChI=1S/C14H22N4O2/c1-17-8-4-5-10(17)9-18(2)13-11(15)6-7-12(16-13)14(19)20-3/h6-7,10H,4-5,8-9,15H2,1-3H3. The maximum absolute atomic E-state index is 11.5. The molecular formula is C14H22N4O2. The number of hydrogen-bond donors (Lipinski definition) is 1. The van der Waals surface area contributed by atoms with Crippen molar-refractivity contribution in [1.82, 2.24) is 9.88 Å². The Balaban J connectivity index is 2.15. The maximum Gasteiger partial charge on any atom is 0.356 e. The van der Waals surface area contributed by atoms with Crippen LogP contribution in [0.1, 0.15) is 23.3 Å². The quantitative estimate of drug-likeness (QED) is 0.828. The number of likely N-dealkylation sites (N-methyl/N-ethyl adjacent to an activating group) is 2. The van der Waals surface area contributed by atoms with Gasteiger partial charge in [-0.05, 0) is 38.6 Å². The van der Waals surface area contributed by atoms with Crippen molar-refractivity contribution in [3.63, 3.8) is 0 Å². The first-order chi connectivity index (χ1) is 9.52. The van der Waals surface area contributed by atoms with Crippen molar-refractivity contribution >= 4 is 17.5 Å². The van der Waals surface area contributed by atoms with Gasteiger partial charge in [0.2, 0.25) is 0 Å². The van der Waals surface area contributed by atoms with Gasteiger partial charge in [-0.1, -0.05) is 0 Å². The molecule has 0 amide bonds. The predicted molar refractivity (Wildman–Crippen MR) is 78.9 cm³/mol. The Kier molecular flexibility index (Phi) is 4.44. The summed E-state index contributed by atoms with van der Waals surface area (Å²) < 4.78 is 4.69. The molecule has 20 heavy (non-hydrogen) atoms. The van der Waals surface area contributed by atoms with Gasteiger partial charge in [-0.15, -0.1) is 0 Å². The minimum atomic E-state index is -0.447. The maximum atomic E-state index is 11.5. The Hall–Kier alpha value is -1.82. The third kappa shape index (κ3) is 3.01. The number of carbonyl (C=O) groups is 1. The van der Waals surface area contributed by atoms with Gasteiger partial charge in [0.05, 0.1) is 12.8 Å². The Morgan fingerprint density at radius 2 is 2.35 bits per heavy atom. The highest BCUT2D eigenvalue weighted by Crippen LogP contribution is 2.23. The number of carbonyl (C=O) groups excluding carboxylic acids is 1. The smallest absolute Gasteiger partial charge is 0.356 e. The number of ether oxygens (including phenoxy) is 1. The van der Waals surface area contributed by atoms with E-state index in [0.29, 0.717) is 17.5 Å². The van der Waals surface area contributed by atoms with Gasteiger partial charge in [-0.25, -0.2) is 9.78 Å². The number of nitrogens with two attached hydrogens (primary N) is 1. The lowest BCUT2D eigenvalue weighted by atomic mass is 10.2. The van der Waals surface area contributed by atoms with E-state index in [9.17, 15) is 4.79 Å². The van der Waals surface area contributed by atoms with Crippen molar-refractivity contribution in [3.8, 4) is 0 Å². The van der Waals surface area contributed by atoms with Crippen molar-refractivity contribution in [2.75, 3.05) is 44.9 Å². The van der Waals surface area contributed by atoms with Crippen LogP contribution in [0.5, 0.6) is 0 Å². The molecule has 0 spiro atoms. The molecule has 6 nitrogen and oxygen atoms in total. The number of esters is 1. The molecule has 1 saturated heterocycles. The molecule has 1 aliphatic rings. The predicted octanol–water partition coefficient (Wildman–Crippen LogP) is 0.981. The lowest BCUT2D eigenvalue weighted by molar-refractivity contribution is 0.0594. The number of rotatable bonds is 4. The molecule has 6 heteroatoms. The number of methoxy groups -OCH3 is 1. The van der Waals surface area contributed by atoms with Gasteiger partial charge in [-0.2, -0.15) is 0 Å². The average Bonchev–Trinajstić information content (AvgIpc) is 2.83. The van der Waals surface area contributed by atoms with Gasteiger partial charge < -0.3 is 20.3 Å². The molecule has 2 N–H and O–H groups in total. The van der Waals surface area contributed by atoms with E-state index >= 15 is 0 Å². The average molecular weight is 278 g/mol. The van der Waals surface area contributed by atoms with E-state index < -0.39 is 5.97 Å². The summed E-state index contributed by atoms with van der Waals surface area (Å²) in [6, 6.07) is 3.78. The Morgan fingerprint density at radius 3 is 2.95 bits per heavy atom. The minimum absolute atomic E-state index is 0.281. The first kappa shape index (κ1) is 14.6. The summed E-state index contributed by atoms with van der Waals surface area (Å²) in [7, 11) is 5.43. The van der Waals surface area contributed by atoms with E-state index in [4.69, 9.17) is 10.5 Å². The van der Waals surface area contributed by atoms with E-state index in [1.165, 1.54) is 20.0 Å². The molecule has 2 rings (SSSR count). The number of aromatic nitrogens is 1. The number of likely N-dealkylation sites (tertiary alicyclic amines) is 1. The lowest BCUT2D eigenvalue weighted by Crippen LogP contribution is -2.37. The number of nitrogen functional groups attached to an aromatic ring is 1. The Morgan fingerprint density at radius 1 is 1.60 bits per heavy atom. The SMILES string of the molecule is COC(=O)c1ccc(N)c(N(C)CC2CCCN2C)n1. The zero-order chi connectivity index (χ0) is 14.7. The molecule has 1 atom stereocenters. The van der Waals surface area contributed by atoms with Gasteiger partial charge in [0.25, 0.3) is 0 Å². The number of anilines is 2. The molecule has 1 fully saturated rings. The van der Waals surface area contributed by atoms with Gasteiger partial charge in [0.15, 0.2) is 11.5 Å². The van der Waals surface area contributed by atoms with Gasteiger partial charge in [-0.3, -0.25) is 0 Å². The molecule has 0 radical (unpaired) electrons. The summed E-state index contributed by atoms with van der Waals surface area (Å²) >= 11 is 0. The topological polar surface area (TPSA) is 71.7 Å². The van der Waals surface area contributed by atoms with Gasteiger partial charge in [0.1, 0.15) is 0 Å². The second-order valence-electron chi connectivity index (χ2n) is 5.26. The van der Waals surface area contributed by atoms with Crippen molar-refractivity contribution < 1.29 is 9.53 Å². The molecule has 1 aromatic rings. The fourth-order valence-electron chi connectivity index (χ4n) is 2.60. The van der Waals surface area contributed by atoms with Crippen molar-refractivity contribution in [3.05, 3.63) is 17.8 Å². The van der Waals surface area contributed by atoms with Crippen LogP contribution in [0.2, 0.25) is 0 Å². The molecule has 1 unspecified atom stereocenters. The second-order valence-corrected chi connectivity index (χ2v) is 5.26. The highest BCUT2D eigenvalue weighted by atomic mass is 16.5. The summed E-state index contributed by atoms with van der Waals surface area (Å²) in [5, 5.41) is 0. The highest BCUT2D eigenvalue weighted by Gasteiger charge is 2.23. The van der Waals surface area contributed by atoms with Crippen LogP contribution in [-0.2, 0) is 4.74 Å². The van der Waals surface area contributed by atoms with Crippen molar-refractivity contribution in [2.24, 2.45) is 0 Å². The Bertz CT molecular complexity index is 492. The lowest BCUT2D eigenvalue weighted by Gasteiger charge is -2.27. The van der Waals surface area contributed by atoms with E-state index in [0.717, 1.165) is 13.1 Å². The first-order valence-electron chi connectivity index (χ1n) is 6.79. The van der Waals surface area contributed by atoms with Gasteiger partial charge in [0, 0.05) is 19.6 Å².